The second kappa shape index (κ2) is 7.42. The Morgan fingerprint density at radius 1 is 1.45 bits per heavy atom. The number of aromatic nitrogens is 1. The standard InChI is InChI=1S/C15H17Cl2N3OS/c1-9(20(3)7-12-8-22-10(2)18-12)15(21)19-14-5-4-11(16)6-13(14)17/h4-6,8-9H,7H2,1-3H3,(H,19,21). The number of thiazole rings is 1. The van der Waals surface area contributed by atoms with Crippen molar-refractivity contribution < 1.29 is 4.79 Å². The monoisotopic (exact) mass is 357 g/mol. The summed E-state index contributed by atoms with van der Waals surface area (Å²) in [5.74, 6) is -0.126. The van der Waals surface area contributed by atoms with Gasteiger partial charge in [0.15, 0.2) is 0 Å². The summed E-state index contributed by atoms with van der Waals surface area (Å²) in [6, 6.07) is 4.67. The largest absolute Gasteiger partial charge is 0.323 e. The van der Waals surface area contributed by atoms with Gasteiger partial charge < -0.3 is 5.32 Å². The Hall–Kier alpha value is -1.14. The van der Waals surface area contributed by atoms with E-state index in [0.717, 1.165) is 10.7 Å². The number of nitrogens with one attached hydrogen (secondary N) is 1. The lowest BCUT2D eigenvalue weighted by Gasteiger charge is -2.23. The van der Waals surface area contributed by atoms with Crippen LogP contribution in [-0.4, -0.2) is 28.9 Å². The number of carbonyl (C=O) groups is 1. The van der Waals surface area contributed by atoms with E-state index in [2.05, 4.69) is 10.3 Å². The van der Waals surface area contributed by atoms with E-state index in [0.29, 0.717) is 22.3 Å². The molecule has 0 aliphatic carbocycles. The number of hydrogen-bond acceptors (Lipinski definition) is 4. The van der Waals surface area contributed by atoms with Crippen LogP contribution in [0.5, 0.6) is 0 Å². The maximum atomic E-state index is 12.3. The van der Waals surface area contributed by atoms with Gasteiger partial charge in [-0.1, -0.05) is 23.2 Å². The molecule has 1 atom stereocenters. The van der Waals surface area contributed by atoms with Gasteiger partial charge in [0.2, 0.25) is 5.91 Å². The molecule has 1 aromatic heterocycles. The van der Waals surface area contributed by atoms with Crippen molar-refractivity contribution in [1.29, 1.82) is 0 Å². The highest BCUT2D eigenvalue weighted by Gasteiger charge is 2.19. The molecule has 1 heterocycles. The van der Waals surface area contributed by atoms with Gasteiger partial charge in [0, 0.05) is 16.9 Å². The Labute approximate surface area is 144 Å². The summed E-state index contributed by atoms with van der Waals surface area (Å²) in [5.41, 5.74) is 1.52. The van der Waals surface area contributed by atoms with Gasteiger partial charge in [-0.15, -0.1) is 11.3 Å². The van der Waals surface area contributed by atoms with Crippen LogP contribution < -0.4 is 5.32 Å². The summed E-state index contributed by atoms with van der Waals surface area (Å²) in [6.07, 6.45) is 0. The Morgan fingerprint density at radius 3 is 2.77 bits per heavy atom. The zero-order valence-electron chi connectivity index (χ0n) is 12.6. The number of carbonyl (C=O) groups excluding carboxylic acids is 1. The molecule has 0 bridgehead atoms. The highest BCUT2D eigenvalue weighted by atomic mass is 35.5. The molecule has 22 heavy (non-hydrogen) atoms. The van der Waals surface area contributed by atoms with Crippen LogP contribution in [0, 0.1) is 6.92 Å². The first-order valence-electron chi connectivity index (χ1n) is 6.74. The molecule has 0 saturated heterocycles. The summed E-state index contributed by atoms with van der Waals surface area (Å²) in [6.45, 7) is 4.43. The van der Waals surface area contributed by atoms with Crippen LogP contribution >= 0.6 is 34.5 Å². The number of amides is 1. The minimum absolute atomic E-state index is 0.126. The predicted molar refractivity (Wildman–Crippen MR) is 92.9 cm³/mol. The minimum atomic E-state index is -0.311. The number of likely N-dealkylation sites (N-methyl/N-ethyl adjacent to an activating group) is 1. The van der Waals surface area contributed by atoms with Gasteiger partial charge in [-0.3, -0.25) is 9.69 Å². The van der Waals surface area contributed by atoms with Crippen molar-refractivity contribution in [3.8, 4) is 0 Å². The highest BCUT2D eigenvalue weighted by molar-refractivity contribution is 7.09. The molecule has 1 amide bonds. The van der Waals surface area contributed by atoms with E-state index >= 15 is 0 Å². The van der Waals surface area contributed by atoms with Crippen molar-refractivity contribution in [2.45, 2.75) is 26.4 Å². The molecule has 118 valence electrons. The van der Waals surface area contributed by atoms with Crippen LogP contribution in [0.2, 0.25) is 10.0 Å². The zero-order valence-corrected chi connectivity index (χ0v) is 14.9. The minimum Gasteiger partial charge on any atom is -0.323 e. The molecule has 1 aromatic carbocycles. The first kappa shape index (κ1) is 17.2. The third-order valence-corrected chi connectivity index (χ3v) is 4.68. The van der Waals surface area contributed by atoms with Gasteiger partial charge in [0.1, 0.15) is 0 Å². The van der Waals surface area contributed by atoms with E-state index in [4.69, 9.17) is 23.2 Å². The SMILES string of the molecule is Cc1nc(CN(C)C(C)C(=O)Nc2ccc(Cl)cc2Cl)cs1. The van der Waals surface area contributed by atoms with Crippen LogP contribution in [0.15, 0.2) is 23.6 Å². The Bertz CT molecular complexity index is 675. The van der Waals surface area contributed by atoms with Crippen LogP contribution in [0.4, 0.5) is 5.69 Å². The van der Waals surface area contributed by atoms with E-state index in [1.165, 1.54) is 0 Å². The molecule has 0 fully saturated rings. The summed E-state index contributed by atoms with van der Waals surface area (Å²) in [4.78, 5) is 18.7. The van der Waals surface area contributed by atoms with Gasteiger partial charge in [-0.05, 0) is 39.1 Å². The van der Waals surface area contributed by atoms with E-state index in [9.17, 15) is 4.79 Å². The molecule has 2 rings (SSSR count). The fourth-order valence-corrected chi connectivity index (χ4v) is 2.96. The van der Waals surface area contributed by atoms with Crippen LogP contribution in [0.25, 0.3) is 0 Å². The normalized spacial score (nSPS) is 12.5. The van der Waals surface area contributed by atoms with Crippen molar-refractivity contribution in [2.24, 2.45) is 0 Å². The lowest BCUT2D eigenvalue weighted by Crippen LogP contribution is -2.39. The number of halogens is 2. The summed E-state index contributed by atoms with van der Waals surface area (Å²) < 4.78 is 0. The average molecular weight is 358 g/mol. The number of nitrogens with zero attached hydrogens (tertiary/aromatic N) is 2. The lowest BCUT2D eigenvalue weighted by molar-refractivity contribution is -0.120. The van der Waals surface area contributed by atoms with Crippen LogP contribution in [-0.2, 0) is 11.3 Å². The average Bonchev–Trinajstić information content (AvgIpc) is 2.86. The first-order valence-corrected chi connectivity index (χ1v) is 8.37. The van der Waals surface area contributed by atoms with Gasteiger partial charge in [-0.2, -0.15) is 0 Å². The molecule has 0 spiro atoms. The Morgan fingerprint density at radius 2 is 2.18 bits per heavy atom. The molecular weight excluding hydrogens is 341 g/mol. The van der Waals surface area contributed by atoms with Crippen molar-refractivity contribution in [3.63, 3.8) is 0 Å². The number of hydrogen-bond donors (Lipinski definition) is 1. The third kappa shape index (κ3) is 4.43. The molecule has 0 aliphatic rings. The van der Waals surface area contributed by atoms with Crippen molar-refractivity contribution in [3.05, 3.63) is 44.3 Å². The van der Waals surface area contributed by atoms with E-state index < -0.39 is 0 Å². The fourth-order valence-electron chi connectivity index (χ4n) is 1.90. The molecule has 1 N–H and O–H groups in total. The maximum Gasteiger partial charge on any atom is 0.241 e. The molecule has 0 aliphatic heterocycles. The van der Waals surface area contributed by atoms with Gasteiger partial charge in [0.25, 0.3) is 0 Å². The number of aryl methyl sites for hydroxylation is 1. The van der Waals surface area contributed by atoms with E-state index in [1.807, 2.05) is 31.2 Å². The van der Waals surface area contributed by atoms with E-state index in [-0.39, 0.29) is 11.9 Å². The summed E-state index contributed by atoms with van der Waals surface area (Å²) in [7, 11) is 1.89. The number of benzene rings is 1. The maximum absolute atomic E-state index is 12.3. The Balaban J connectivity index is 1.98. The third-order valence-electron chi connectivity index (χ3n) is 3.31. The van der Waals surface area contributed by atoms with Gasteiger partial charge in [0.05, 0.1) is 27.5 Å². The quantitative estimate of drug-likeness (QED) is 0.871. The van der Waals surface area contributed by atoms with Crippen molar-refractivity contribution in [2.75, 3.05) is 12.4 Å². The molecule has 4 nitrogen and oxygen atoms in total. The molecule has 7 heteroatoms. The molecular formula is C15H17Cl2N3OS. The van der Waals surface area contributed by atoms with E-state index in [1.54, 1.807) is 29.5 Å². The highest BCUT2D eigenvalue weighted by Crippen LogP contribution is 2.25. The second-order valence-corrected chi connectivity index (χ2v) is 6.97. The van der Waals surface area contributed by atoms with Gasteiger partial charge >= 0.3 is 0 Å². The van der Waals surface area contributed by atoms with Crippen molar-refractivity contribution >= 4 is 46.1 Å². The first-order chi connectivity index (χ1) is 10.4. The molecule has 0 radical (unpaired) electrons. The zero-order chi connectivity index (χ0) is 16.3. The smallest absolute Gasteiger partial charge is 0.241 e. The number of anilines is 1. The summed E-state index contributed by atoms with van der Waals surface area (Å²) in [5, 5.41) is 6.80. The predicted octanol–water partition coefficient (Wildman–Crippen LogP) is 4.22. The molecule has 1 unspecified atom stereocenters. The second-order valence-electron chi connectivity index (χ2n) is 5.06. The molecule has 0 saturated carbocycles. The molecule has 2 aromatic rings. The lowest BCUT2D eigenvalue weighted by atomic mass is 10.2. The topological polar surface area (TPSA) is 45.2 Å². The van der Waals surface area contributed by atoms with Crippen molar-refractivity contribution in [1.82, 2.24) is 9.88 Å². The van der Waals surface area contributed by atoms with Crippen LogP contribution in [0.3, 0.4) is 0 Å². The fraction of sp³-hybridized carbons (Fsp3) is 0.333. The summed E-state index contributed by atoms with van der Waals surface area (Å²) >= 11 is 13.5. The van der Waals surface area contributed by atoms with Gasteiger partial charge in [-0.25, -0.2) is 4.98 Å². The van der Waals surface area contributed by atoms with Crippen LogP contribution in [0.1, 0.15) is 17.6 Å². The Kier molecular flexibility index (Phi) is 5.81. The number of rotatable bonds is 5.